The smallest absolute Gasteiger partial charge is 0.0698 e. The lowest BCUT2D eigenvalue weighted by Crippen LogP contribution is -2.28. The molecule has 0 aliphatic carbocycles. The average molecular weight is 288 g/mol. The van der Waals surface area contributed by atoms with E-state index in [1.54, 1.807) is 0 Å². The van der Waals surface area contributed by atoms with Crippen molar-refractivity contribution in [3.05, 3.63) is 16.4 Å². The van der Waals surface area contributed by atoms with Crippen LogP contribution >= 0.6 is 15.9 Å². The predicted molar refractivity (Wildman–Crippen MR) is 71.5 cm³/mol. The zero-order valence-electron chi connectivity index (χ0n) is 10.6. The van der Waals surface area contributed by atoms with Crippen molar-refractivity contribution in [2.75, 3.05) is 6.54 Å². The van der Waals surface area contributed by atoms with E-state index < -0.39 is 0 Å². The molecular formula is C12H22BrN3. The largest absolute Gasteiger partial charge is 0.309 e. The van der Waals surface area contributed by atoms with Gasteiger partial charge in [-0.15, -0.1) is 0 Å². The number of aryl methyl sites for hydroxylation is 1. The fraction of sp³-hybridized carbons (Fsp3) is 0.750. The van der Waals surface area contributed by atoms with Crippen molar-refractivity contribution < 1.29 is 0 Å². The van der Waals surface area contributed by atoms with E-state index >= 15 is 0 Å². The van der Waals surface area contributed by atoms with Crippen LogP contribution in [0, 0.1) is 5.92 Å². The third-order valence-corrected chi connectivity index (χ3v) is 3.26. The molecule has 0 saturated carbocycles. The Hall–Kier alpha value is -0.350. The van der Waals surface area contributed by atoms with E-state index in [-0.39, 0.29) is 0 Å². The number of aromatic nitrogens is 2. The highest BCUT2D eigenvalue weighted by molar-refractivity contribution is 9.10. The Morgan fingerprint density at radius 2 is 2.12 bits per heavy atom. The molecule has 0 spiro atoms. The number of halogens is 1. The summed E-state index contributed by atoms with van der Waals surface area (Å²) < 4.78 is 3.22. The van der Waals surface area contributed by atoms with E-state index in [1.165, 1.54) is 5.69 Å². The first-order valence-electron chi connectivity index (χ1n) is 6.06. The van der Waals surface area contributed by atoms with Gasteiger partial charge >= 0.3 is 0 Å². The van der Waals surface area contributed by atoms with Gasteiger partial charge in [-0.1, -0.05) is 27.7 Å². The van der Waals surface area contributed by atoms with Gasteiger partial charge in [0.05, 0.1) is 22.4 Å². The second-order valence-electron chi connectivity index (χ2n) is 4.38. The number of hydrogen-bond acceptors (Lipinski definition) is 2. The van der Waals surface area contributed by atoms with E-state index in [0.29, 0.717) is 12.0 Å². The maximum Gasteiger partial charge on any atom is 0.0698 e. The van der Waals surface area contributed by atoms with Gasteiger partial charge in [-0.25, -0.2) is 0 Å². The number of hydrogen-bond donors (Lipinski definition) is 1. The Morgan fingerprint density at radius 1 is 1.44 bits per heavy atom. The highest BCUT2D eigenvalue weighted by atomic mass is 79.9. The molecule has 0 fully saturated rings. The summed E-state index contributed by atoms with van der Waals surface area (Å²) in [5.74, 6) is 0.559. The molecule has 4 heteroatoms. The molecule has 0 radical (unpaired) electrons. The van der Waals surface area contributed by atoms with Crippen LogP contribution in [0.2, 0.25) is 0 Å². The minimum atomic E-state index is 0.369. The van der Waals surface area contributed by atoms with Crippen LogP contribution in [0.4, 0.5) is 0 Å². The van der Waals surface area contributed by atoms with E-state index in [0.717, 1.165) is 24.0 Å². The Morgan fingerprint density at radius 3 is 2.62 bits per heavy atom. The first kappa shape index (κ1) is 13.7. The summed E-state index contributed by atoms with van der Waals surface area (Å²) in [7, 11) is 0. The van der Waals surface area contributed by atoms with E-state index in [1.807, 2.05) is 6.20 Å². The van der Waals surface area contributed by atoms with Gasteiger partial charge in [0, 0.05) is 6.54 Å². The lowest BCUT2D eigenvalue weighted by Gasteiger charge is -2.23. The molecule has 0 aliphatic heterocycles. The van der Waals surface area contributed by atoms with Crippen LogP contribution in [0.5, 0.6) is 0 Å². The van der Waals surface area contributed by atoms with Crippen LogP contribution in [-0.2, 0) is 6.54 Å². The fourth-order valence-electron chi connectivity index (χ4n) is 1.94. The van der Waals surface area contributed by atoms with Crippen LogP contribution in [0.15, 0.2) is 10.7 Å². The molecule has 1 unspecified atom stereocenters. The molecule has 1 aromatic rings. The van der Waals surface area contributed by atoms with Crippen molar-refractivity contribution in [1.29, 1.82) is 0 Å². The summed E-state index contributed by atoms with van der Waals surface area (Å²) in [6.45, 7) is 10.8. The Kier molecular flexibility index (Phi) is 5.49. The Balaban J connectivity index is 3.01. The van der Waals surface area contributed by atoms with Crippen molar-refractivity contribution in [2.45, 2.75) is 46.7 Å². The Bertz CT molecular complexity index is 320. The molecule has 0 amide bonds. The zero-order chi connectivity index (χ0) is 12.1. The molecule has 0 aromatic carbocycles. The van der Waals surface area contributed by atoms with E-state index in [4.69, 9.17) is 0 Å². The molecule has 1 aromatic heterocycles. The third-order valence-electron chi connectivity index (χ3n) is 2.65. The maximum atomic E-state index is 4.42. The number of nitrogens with one attached hydrogen (secondary N) is 1. The van der Waals surface area contributed by atoms with Gasteiger partial charge in [-0.3, -0.25) is 4.68 Å². The van der Waals surface area contributed by atoms with Gasteiger partial charge in [0.15, 0.2) is 0 Å². The highest BCUT2D eigenvalue weighted by Crippen LogP contribution is 2.28. The quantitative estimate of drug-likeness (QED) is 0.870. The normalized spacial score (nSPS) is 13.4. The monoisotopic (exact) mass is 287 g/mol. The molecule has 1 atom stereocenters. The topological polar surface area (TPSA) is 29.9 Å². The predicted octanol–water partition coefficient (Wildman–Crippen LogP) is 3.36. The second-order valence-corrected chi connectivity index (χ2v) is 5.23. The van der Waals surface area contributed by atoms with Gasteiger partial charge in [-0.05, 0) is 34.8 Å². The molecule has 92 valence electrons. The number of rotatable bonds is 6. The van der Waals surface area contributed by atoms with Crippen molar-refractivity contribution in [1.82, 2.24) is 15.1 Å². The second kappa shape index (κ2) is 6.40. The SMILES string of the molecule is CCCn1ncc(Br)c1C(NCC)C(C)C. The summed E-state index contributed by atoms with van der Waals surface area (Å²) in [4.78, 5) is 0. The minimum absolute atomic E-state index is 0.369. The van der Waals surface area contributed by atoms with Crippen LogP contribution in [0.3, 0.4) is 0 Å². The van der Waals surface area contributed by atoms with Gasteiger partial charge in [0.2, 0.25) is 0 Å². The molecule has 0 aliphatic rings. The van der Waals surface area contributed by atoms with Crippen molar-refractivity contribution >= 4 is 15.9 Å². The molecule has 1 N–H and O–H groups in total. The molecule has 1 rings (SSSR count). The van der Waals surface area contributed by atoms with Crippen LogP contribution in [-0.4, -0.2) is 16.3 Å². The first-order chi connectivity index (χ1) is 7.61. The average Bonchev–Trinajstić information content (AvgIpc) is 2.57. The molecule has 3 nitrogen and oxygen atoms in total. The Labute approximate surface area is 107 Å². The lowest BCUT2D eigenvalue weighted by molar-refractivity contribution is 0.386. The minimum Gasteiger partial charge on any atom is -0.309 e. The van der Waals surface area contributed by atoms with Crippen LogP contribution in [0.25, 0.3) is 0 Å². The van der Waals surface area contributed by atoms with Gasteiger partial charge in [-0.2, -0.15) is 5.10 Å². The van der Waals surface area contributed by atoms with Crippen LogP contribution in [0.1, 0.15) is 45.9 Å². The van der Waals surface area contributed by atoms with Gasteiger partial charge in [0.1, 0.15) is 0 Å². The van der Waals surface area contributed by atoms with Crippen molar-refractivity contribution in [2.24, 2.45) is 5.92 Å². The molecular weight excluding hydrogens is 266 g/mol. The molecule has 0 bridgehead atoms. The summed E-state index contributed by atoms with van der Waals surface area (Å²) in [6, 6.07) is 0.369. The highest BCUT2D eigenvalue weighted by Gasteiger charge is 2.21. The third kappa shape index (κ3) is 3.08. The molecule has 1 heterocycles. The van der Waals surface area contributed by atoms with E-state index in [2.05, 4.69) is 58.7 Å². The summed E-state index contributed by atoms with van der Waals surface area (Å²) in [5, 5.41) is 7.95. The molecule has 16 heavy (non-hydrogen) atoms. The fourth-order valence-corrected chi connectivity index (χ4v) is 2.48. The standard InChI is InChI=1S/C12H22BrN3/c1-5-7-16-12(10(13)8-15-16)11(9(3)4)14-6-2/h8-9,11,14H,5-7H2,1-4H3. The zero-order valence-corrected chi connectivity index (χ0v) is 12.2. The summed E-state index contributed by atoms with van der Waals surface area (Å²) >= 11 is 3.60. The van der Waals surface area contributed by atoms with Gasteiger partial charge in [0.25, 0.3) is 0 Å². The summed E-state index contributed by atoms with van der Waals surface area (Å²) in [6.07, 6.45) is 3.01. The van der Waals surface area contributed by atoms with Gasteiger partial charge < -0.3 is 5.32 Å². The van der Waals surface area contributed by atoms with E-state index in [9.17, 15) is 0 Å². The molecule has 0 saturated heterocycles. The van der Waals surface area contributed by atoms with Crippen molar-refractivity contribution in [3.8, 4) is 0 Å². The number of nitrogens with zero attached hydrogens (tertiary/aromatic N) is 2. The summed E-state index contributed by atoms with van der Waals surface area (Å²) in [5.41, 5.74) is 1.28. The lowest BCUT2D eigenvalue weighted by atomic mass is 10.0. The first-order valence-corrected chi connectivity index (χ1v) is 6.85. The van der Waals surface area contributed by atoms with Crippen LogP contribution < -0.4 is 5.32 Å². The van der Waals surface area contributed by atoms with Crippen molar-refractivity contribution in [3.63, 3.8) is 0 Å². The maximum absolute atomic E-state index is 4.42.